The predicted octanol–water partition coefficient (Wildman–Crippen LogP) is 10.6. The standard InChI is InChI=1S/C50H57ClN6O4S2.C2H6.CH2O2/c1-29(2)52-21-18-36(53-35-9-6-8-34(25-35)48-46(51)47(61-5)30(3)63-48)28-62-27-31-12-13-33-26-44(55(4)42(33)24-31)56-22-19-32(20-23-56)37-14-15-40-45-38(37)10-7-11-39(45)50(60)57(40)41-16-17-43(58)54-49(41)59;1-2;2-1-3/h6,8-9,11-15,24-26,29,32,36,41,52-53H,7,10,16-23,27-28H2,1-5H3,(H,54,58,59);1-2H3;1H,(H,2,3). The number of carboxylic acid groups (broad SMARTS) is 1. The number of rotatable bonds is 15. The second kappa shape index (κ2) is 22.9. The van der Waals surface area contributed by atoms with Crippen molar-refractivity contribution in [2.75, 3.05) is 47.6 Å². The lowest BCUT2D eigenvalue weighted by Crippen LogP contribution is -2.53. The maximum atomic E-state index is 13.8. The van der Waals surface area contributed by atoms with Crippen molar-refractivity contribution in [3.63, 3.8) is 0 Å². The third-order valence-corrected chi connectivity index (χ3v) is 16.0. The third kappa shape index (κ3) is 10.8. The number of nitrogens with zero attached hydrogens (tertiary/aromatic N) is 3. The SMILES string of the molecule is CC.COc1c(C)sc(-c2cccc(NC(CCNC(C)C)CSCc3ccc4cc(N5CCC(c6ccc7c8c6CCC=C8C(=O)N7C6CCC(=O)NC6=O)CC5)n(C)c4c3)c2)c1Cl.O=CO. The van der Waals surface area contributed by atoms with Gasteiger partial charge in [-0.3, -0.25) is 29.4 Å². The van der Waals surface area contributed by atoms with Crippen LogP contribution in [0.15, 0.2) is 66.7 Å². The molecule has 4 N–H and O–H groups in total. The molecule has 12 nitrogen and oxygen atoms in total. The fraction of sp³-hybridized carbons (Fsp3) is 0.434. The van der Waals surface area contributed by atoms with Crippen LogP contribution in [0.4, 0.5) is 17.2 Å². The van der Waals surface area contributed by atoms with E-state index in [0.29, 0.717) is 23.4 Å². The maximum absolute atomic E-state index is 13.8. The van der Waals surface area contributed by atoms with Crippen LogP contribution in [0, 0.1) is 6.92 Å². The molecule has 0 saturated carbocycles. The van der Waals surface area contributed by atoms with Crippen LogP contribution in [0.5, 0.6) is 5.75 Å². The van der Waals surface area contributed by atoms with Gasteiger partial charge in [0.25, 0.3) is 12.4 Å². The highest BCUT2D eigenvalue weighted by Crippen LogP contribution is 2.48. The van der Waals surface area contributed by atoms with Crippen LogP contribution >= 0.6 is 34.7 Å². The number of thiophene rings is 1. The number of hydrogen-bond acceptors (Lipinski definition) is 10. The molecule has 2 atom stereocenters. The number of ether oxygens (including phenoxy) is 1. The molecule has 0 spiro atoms. The molecular formula is C53H65ClN6O6S2. The largest absolute Gasteiger partial charge is 0.494 e. The van der Waals surface area contributed by atoms with Gasteiger partial charge >= 0.3 is 0 Å². The molecule has 4 aliphatic rings. The van der Waals surface area contributed by atoms with Crippen molar-refractivity contribution in [1.29, 1.82) is 0 Å². The topological polar surface area (TPSA) is 145 Å². The lowest BCUT2D eigenvalue weighted by molar-refractivity contribution is -0.135. The second-order valence-electron chi connectivity index (χ2n) is 17.8. The van der Waals surface area contributed by atoms with Crippen LogP contribution < -0.4 is 30.5 Å². The van der Waals surface area contributed by atoms with Gasteiger partial charge in [-0.05, 0) is 110 Å². The summed E-state index contributed by atoms with van der Waals surface area (Å²) in [6.45, 7) is 13.0. The highest BCUT2D eigenvalue weighted by molar-refractivity contribution is 7.98. The van der Waals surface area contributed by atoms with Crippen molar-refractivity contribution in [1.82, 2.24) is 15.2 Å². The Hall–Kier alpha value is -5.28. The number of carbonyl (C=O) groups is 4. The van der Waals surface area contributed by atoms with E-state index < -0.39 is 6.04 Å². The van der Waals surface area contributed by atoms with Crippen LogP contribution in [-0.4, -0.2) is 84.5 Å². The molecule has 5 aromatic rings. The Balaban J connectivity index is 0.00000132. The molecule has 3 amide bonds. The van der Waals surface area contributed by atoms with E-state index in [2.05, 4.69) is 107 Å². The number of allylic oxidation sites excluding steroid dienone is 1. The van der Waals surface area contributed by atoms with E-state index in [1.807, 2.05) is 38.6 Å². The molecule has 15 heteroatoms. The molecule has 3 aliphatic heterocycles. The summed E-state index contributed by atoms with van der Waals surface area (Å²) >= 11 is 10.4. The number of anilines is 3. The van der Waals surface area contributed by atoms with Crippen LogP contribution in [0.25, 0.3) is 26.9 Å². The number of nitrogens with one attached hydrogen (secondary N) is 3. The molecule has 3 aromatic carbocycles. The third-order valence-electron chi connectivity index (χ3n) is 13.2. The van der Waals surface area contributed by atoms with Gasteiger partial charge in [0.1, 0.15) is 16.9 Å². The molecule has 2 aromatic heterocycles. The fourth-order valence-corrected chi connectivity index (χ4v) is 12.7. The normalized spacial score (nSPS) is 17.2. The van der Waals surface area contributed by atoms with E-state index >= 15 is 0 Å². The predicted molar refractivity (Wildman–Crippen MR) is 281 cm³/mol. The fourth-order valence-electron chi connectivity index (χ4n) is 10.1. The minimum atomic E-state index is -0.657. The van der Waals surface area contributed by atoms with Gasteiger partial charge < -0.3 is 29.9 Å². The van der Waals surface area contributed by atoms with E-state index in [9.17, 15) is 14.4 Å². The number of aromatic nitrogens is 1. The van der Waals surface area contributed by atoms with Crippen molar-refractivity contribution in [3.05, 3.63) is 98.9 Å². The molecule has 362 valence electrons. The molecule has 1 aliphatic carbocycles. The summed E-state index contributed by atoms with van der Waals surface area (Å²) < 4.78 is 7.92. The molecule has 2 saturated heterocycles. The number of methoxy groups -OCH3 is 1. The van der Waals surface area contributed by atoms with Gasteiger partial charge in [0, 0.05) is 82.8 Å². The van der Waals surface area contributed by atoms with Crippen LogP contribution in [0.2, 0.25) is 5.02 Å². The lowest BCUT2D eigenvalue weighted by Gasteiger charge is -2.35. The van der Waals surface area contributed by atoms with Crippen LogP contribution in [-0.2, 0) is 38.4 Å². The number of thioether (sulfide) groups is 1. The molecule has 0 bridgehead atoms. The molecule has 5 heterocycles. The maximum Gasteiger partial charge on any atom is 0.290 e. The average molecular weight is 982 g/mol. The van der Waals surface area contributed by atoms with Crippen LogP contribution in [0.1, 0.15) is 99.3 Å². The number of fused-ring (bicyclic) bond motifs is 1. The molecular weight excluding hydrogens is 916 g/mol. The summed E-state index contributed by atoms with van der Waals surface area (Å²) in [6, 6.07) is 22.2. The summed E-state index contributed by atoms with van der Waals surface area (Å²) in [7, 11) is 3.87. The van der Waals surface area contributed by atoms with Gasteiger partial charge in [0.2, 0.25) is 11.8 Å². The van der Waals surface area contributed by atoms with E-state index in [4.69, 9.17) is 26.2 Å². The number of carbonyl (C=O) groups excluding carboxylic acids is 3. The molecule has 0 radical (unpaired) electrons. The zero-order valence-electron chi connectivity index (χ0n) is 40.2. The molecule has 2 fully saturated rings. The van der Waals surface area contributed by atoms with E-state index in [1.165, 1.54) is 33.4 Å². The first-order valence-corrected chi connectivity index (χ1v) is 26.2. The Morgan fingerprint density at radius 2 is 1.79 bits per heavy atom. The van der Waals surface area contributed by atoms with E-state index in [-0.39, 0.29) is 36.7 Å². The number of hydrogen-bond donors (Lipinski definition) is 4. The number of halogens is 1. The van der Waals surface area contributed by atoms with Gasteiger partial charge in [-0.1, -0.05) is 75.7 Å². The minimum Gasteiger partial charge on any atom is -0.494 e. The molecule has 9 rings (SSSR count). The van der Waals surface area contributed by atoms with Crippen molar-refractivity contribution < 1.29 is 29.0 Å². The Morgan fingerprint density at radius 1 is 1.03 bits per heavy atom. The van der Waals surface area contributed by atoms with Crippen molar-refractivity contribution in [3.8, 4) is 16.2 Å². The number of piperidine rings is 2. The number of benzene rings is 3. The zero-order chi connectivity index (χ0) is 48.6. The van der Waals surface area contributed by atoms with Gasteiger partial charge in [0.15, 0.2) is 5.75 Å². The Kier molecular flexibility index (Phi) is 17.0. The van der Waals surface area contributed by atoms with Crippen molar-refractivity contribution >= 4 is 92.6 Å². The highest BCUT2D eigenvalue weighted by Gasteiger charge is 2.44. The number of aryl methyl sites for hydroxylation is 2. The summed E-state index contributed by atoms with van der Waals surface area (Å²) in [5.41, 5.74) is 9.92. The average Bonchev–Trinajstić information content (AvgIpc) is 3.93. The smallest absolute Gasteiger partial charge is 0.290 e. The Labute approximate surface area is 413 Å². The first kappa shape index (κ1) is 50.6. The van der Waals surface area contributed by atoms with E-state index in [0.717, 1.165) is 107 Å². The molecule has 68 heavy (non-hydrogen) atoms. The summed E-state index contributed by atoms with van der Waals surface area (Å²) in [6.07, 6.45) is 7.41. The lowest BCUT2D eigenvalue weighted by atomic mass is 9.80. The Bertz CT molecular complexity index is 2670. The van der Waals surface area contributed by atoms with Crippen LogP contribution in [0.3, 0.4) is 0 Å². The number of amides is 3. The highest BCUT2D eigenvalue weighted by atomic mass is 35.5. The minimum absolute atomic E-state index is 0.115. The summed E-state index contributed by atoms with van der Waals surface area (Å²) in [4.78, 5) is 53.2. The van der Waals surface area contributed by atoms with Crippen molar-refractivity contribution in [2.24, 2.45) is 7.05 Å². The van der Waals surface area contributed by atoms with Gasteiger partial charge in [-0.15, -0.1) is 11.3 Å². The van der Waals surface area contributed by atoms with Gasteiger partial charge in [-0.2, -0.15) is 11.8 Å². The Morgan fingerprint density at radius 3 is 2.50 bits per heavy atom. The summed E-state index contributed by atoms with van der Waals surface area (Å²) in [5.74, 6) is 3.54. The first-order chi connectivity index (χ1) is 32.9. The van der Waals surface area contributed by atoms with E-state index in [1.54, 1.807) is 23.3 Å². The zero-order valence-corrected chi connectivity index (χ0v) is 42.6. The summed E-state index contributed by atoms with van der Waals surface area (Å²) in [5, 5.41) is 18.7. The monoisotopic (exact) mass is 980 g/mol. The first-order valence-electron chi connectivity index (χ1n) is 23.9. The number of imide groups is 1. The quantitative estimate of drug-likeness (QED) is 0.0591. The van der Waals surface area contributed by atoms with Gasteiger partial charge in [0.05, 0.1) is 17.7 Å². The second-order valence-corrected chi connectivity index (χ2v) is 20.4. The van der Waals surface area contributed by atoms with Crippen molar-refractivity contribution in [2.45, 2.75) is 109 Å². The van der Waals surface area contributed by atoms with Gasteiger partial charge in [-0.25, -0.2) is 0 Å². The molecule has 2 unspecified atom stereocenters.